The van der Waals surface area contributed by atoms with Crippen LogP contribution in [0, 0.1) is 6.92 Å². The molecule has 0 unspecified atom stereocenters. The summed E-state index contributed by atoms with van der Waals surface area (Å²) in [7, 11) is 0. The van der Waals surface area contributed by atoms with Gasteiger partial charge in [0.25, 0.3) is 0 Å². The zero-order valence-corrected chi connectivity index (χ0v) is 9.39. The van der Waals surface area contributed by atoms with E-state index in [4.69, 9.17) is 16.7 Å². The van der Waals surface area contributed by atoms with Crippen LogP contribution in [0.15, 0.2) is 12.3 Å². The molecule has 0 saturated heterocycles. The fourth-order valence-electron chi connectivity index (χ4n) is 1.33. The first-order valence-electron chi connectivity index (χ1n) is 4.67. The van der Waals surface area contributed by atoms with Gasteiger partial charge in [0.15, 0.2) is 5.82 Å². The highest BCUT2D eigenvalue weighted by Crippen LogP contribution is 2.14. The Labute approximate surface area is 96.9 Å². The molecule has 0 fully saturated rings. The Morgan fingerprint density at radius 3 is 2.94 bits per heavy atom. The SMILES string of the molecule is Cc1nnn(Cc2cc(Cl)cnc2CO)n1. The van der Waals surface area contributed by atoms with Gasteiger partial charge in [-0.15, -0.1) is 10.2 Å². The van der Waals surface area contributed by atoms with E-state index in [0.29, 0.717) is 23.1 Å². The van der Waals surface area contributed by atoms with Crippen LogP contribution in [0.4, 0.5) is 0 Å². The van der Waals surface area contributed by atoms with E-state index in [1.165, 1.54) is 11.0 Å². The van der Waals surface area contributed by atoms with Crippen molar-refractivity contribution in [1.82, 2.24) is 25.2 Å². The Balaban J connectivity index is 2.29. The maximum absolute atomic E-state index is 9.12. The highest BCUT2D eigenvalue weighted by Gasteiger charge is 2.07. The molecule has 0 saturated carbocycles. The number of hydrogen-bond donors (Lipinski definition) is 1. The van der Waals surface area contributed by atoms with Gasteiger partial charge in [0.05, 0.1) is 23.9 Å². The maximum atomic E-state index is 9.12. The molecule has 16 heavy (non-hydrogen) atoms. The summed E-state index contributed by atoms with van der Waals surface area (Å²) >= 11 is 5.84. The molecule has 6 nitrogen and oxygen atoms in total. The minimum Gasteiger partial charge on any atom is -0.390 e. The fourth-order valence-corrected chi connectivity index (χ4v) is 1.51. The molecule has 2 rings (SSSR count). The monoisotopic (exact) mass is 239 g/mol. The van der Waals surface area contributed by atoms with Crippen LogP contribution in [0.25, 0.3) is 0 Å². The minimum atomic E-state index is -0.139. The van der Waals surface area contributed by atoms with Crippen molar-refractivity contribution >= 4 is 11.6 Å². The van der Waals surface area contributed by atoms with Gasteiger partial charge in [0.1, 0.15) is 0 Å². The van der Waals surface area contributed by atoms with E-state index in [1.807, 2.05) is 0 Å². The third-order valence-corrected chi connectivity index (χ3v) is 2.25. The first-order chi connectivity index (χ1) is 7.69. The van der Waals surface area contributed by atoms with Gasteiger partial charge in [-0.05, 0) is 18.2 Å². The van der Waals surface area contributed by atoms with Gasteiger partial charge in [-0.25, -0.2) is 0 Å². The number of aliphatic hydroxyl groups excluding tert-OH is 1. The van der Waals surface area contributed by atoms with Gasteiger partial charge in [0.2, 0.25) is 0 Å². The summed E-state index contributed by atoms with van der Waals surface area (Å²) in [5, 5.41) is 21.3. The third kappa shape index (κ3) is 2.34. The molecule has 2 aromatic heterocycles. The van der Waals surface area contributed by atoms with Crippen molar-refractivity contribution < 1.29 is 5.11 Å². The zero-order valence-electron chi connectivity index (χ0n) is 8.63. The molecule has 0 aliphatic heterocycles. The summed E-state index contributed by atoms with van der Waals surface area (Å²) in [5.41, 5.74) is 1.35. The zero-order chi connectivity index (χ0) is 11.5. The normalized spacial score (nSPS) is 10.7. The lowest BCUT2D eigenvalue weighted by Crippen LogP contribution is -2.08. The summed E-state index contributed by atoms with van der Waals surface area (Å²) in [4.78, 5) is 5.46. The van der Waals surface area contributed by atoms with E-state index in [1.54, 1.807) is 13.0 Å². The van der Waals surface area contributed by atoms with Crippen molar-refractivity contribution in [2.45, 2.75) is 20.1 Å². The Bertz CT molecular complexity index is 498. The summed E-state index contributed by atoms with van der Waals surface area (Å²) < 4.78 is 0. The number of hydrogen-bond acceptors (Lipinski definition) is 5. The Morgan fingerprint density at radius 2 is 2.31 bits per heavy atom. The molecule has 0 aromatic carbocycles. The predicted octanol–water partition coefficient (Wildman–Crippen LogP) is 0.571. The second kappa shape index (κ2) is 4.54. The fraction of sp³-hybridized carbons (Fsp3) is 0.333. The van der Waals surface area contributed by atoms with Crippen LogP contribution < -0.4 is 0 Å². The predicted molar refractivity (Wildman–Crippen MR) is 56.8 cm³/mol. The highest BCUT2D eigenvalue weighted by molar-refractivity contribution is 6.30. The van der Waals surface area contributed by atoms with E-state index in [9.17, 15) is 0 Å². The number of aromatic nitrogens is 5. The largest absolute Gasteiger partial charge is 0.390 e. The molecule has 0 bridgehead atoms. The van der Waals surface area contributed by atoms with Crippen LogP contribution in [-0.2, 0) is 13.2 Å². The molecule has 0 aliphatic rings. The molecule has 0 atom stereocenters. The van der Waals surface area contributed by atoms with Crippen LogP contribution in [0.1, 0.15) is 17.1 Å². The quantitative estimate of drug-likeness (QED) is 0.848. The average Bonchev–Trinajstić information content (AvgIpc) is 2.64. The van der Waals surface area contributed by atoms with Crippen molar-refractivity contribution in [3.05, 3.63) is 34.4 Å². The summed E-state index contributed by atoms with van der Waals surface area (Å²) in [6.45, 7) is 2.01. The van der Waals surface area contributed by atoms with Gasteiger partial charge in [-0.1, -0.05) is 11.6 Å². The Morgan fingerprint density at radius 1 is 1.50 bits per heavy atom. The molecule has 84 valence electrons. The van der Waals surface area contributed by atoms with Crippen LogP contribution in [0.2, 0.25) is 5.02 Å². The maximum Gasteiger partial charge on any atom is 0.171 e. The first kappa shape index (κ1) is 11.0. The van der Waals surface area contributed by atoms with Gasteiger partial charge in [-0.3, -0.25) is 4.98 Å². The molecule has 2 aromatic rings. The highest BCUT2D eigenvalue weighted by atomic mass is 35.5. The van der Waals surface area contributed by atoms with Gasteiger partial charge in [0, 0.05) is 11.8 Å². The molecule has 1 N–H and O–H groups in total. The van der Waals surface area contributed by atoms with Crippen LogP contribution in [0.3, 0.4) is 0 Å². The Hall–Kier alpha value is -1.53. The lowest BCUT2D eigenvalue weighted by Gasteiger charge is -2.05. The van der Waals surface area contributed by atoms with E-state index in [0.717, 1.165) is 5.56 Å². The smallest absolute Gasteiger partial charge is 0.171 e. The molecule has 0 spiro atoms. The minimum absolute atomic E-state index is 0.139. The first-order valence-corrected chi connectivity index (χ1v) is 5.05. The van der Waals surface area contributed by atoms with Crippen molar-refractivity contribution in [1.29, 1.82) is 0 Å². The standard InChI is InChI=1S/C9H10ClN5O/c1-6-12-14-15(13-6)4-7-2-8(10)3-11-9(7)5-16/h2-3,16H,4-5H2,1H3. The molecular weight excluding hydrogens is 230 g/mol. The summed E-state index contributed by atoms with van der Waals surface area (Å²) in [5.74, 6) is 0.598. The van der Waals surface area contributed by atoms with Crippen LogP contribution in [0.5, 0.6) is 0 Å². The van der Waals surface area contributed by atoms with Gasteiger partial charge >= 0.3 is 0 Å². The van der Waals surface area contributed by atoms with E-state index in [-0.39, 0.29) is 6.61 Å². The topological polar surface area (TPSA) is 76.7 Å². The van der Waals surface area contributed by atoms with E-state index in [2.05, 4.69) is 20.4 Å². The second-order valence-electron chi connectivity index (χ2n) is 3.28. The number of aliphatic hydroxyl groups is 1. The van der Waals surface area contributed by atoms with Crippen molar-refractivity contribution in [3.8, 4) is 0 Å². The molecule has 2 heterocycles. The lowest BCUT2D eigenvalue weighted by atomic mass is 10.2. The van der Waals surface area contributed by atoms with E-state index >= 15 is 0 Å². The number of tetrazole rings is 1. The molecular formula is C9H10ClN5O. The summed E-state index contributed by atoms with van der Waals surface area (Å²) in [6.07, 6.45) is 1.50. The Kier molecular flexibility index (Phi) is 3.12. The van der Waals surface area contributed by atoms with Crippen LogP contribution >= 0.6 is 11.6 Å². The average molecular weight is 240 g/mol. The number of nitrogens with zero attached hydrogens (tertiary/aromatic N) is 5. The molecule has 0 amide bonds. The number of rotatable bonds is 3. The number of halogens is 1. The van der Waals surface area contributed by atoms with E-state index < -0.39 is 0 Å². The van der Waals surface area contributed by atoms with Crippen molar-refractivity contribution in [2.75, 3.05) is 0 Å². The van der Waals surface area contributed by atoms with Gasteiger partial charge in [-0.2, -0.15) is 4.80 Å². The van der Waals surface area contributed by atoms with Gasteiger partial charge < -0.3 is 5.11 Å². The van der Waals surface area contributed by atoms with Crippen molar-refractivity contribution in [2.24, 2.45) is 0 Å². The molecule has 7 heteroatoms. The molecule has 0 aliphatic carbocycles. The number of aryl methyl sites for hydroxylation is 1. The third-order valence-electron chi connectivity index (χ3n) is 2.04. The number of pyridine rings is 1. The second-order valence-corrected chi connectivity index (χ2v) is 3.72. The van der Waals surface area contributed by atoms with Crippen LogP contribution in [-0.4, -0.2) is 30.3 Å². The molecule has 0 radical (unpaired) electrons. The van der Waals surface area contributed by atoms with Crippen molar-refractivity contribution in [3.63, 3.8) is 0 Å². The lowest BCUT2D eigenvalue weighted by molar-refractivity contribution is 0.275. The summed E-state index contributed by atoms with van der Waals surface area (Å²) in [6, 6.07) is 1.73.